The number of aliphatic hydroxyl groups is 1. The lowest BCUT2D eigenvalue weighted by Gasteiger charge is -2.26. The lowest BCUT2D eigenvalue weighted by atomic mass is 9.89. The Morgan fingerprint density at radius 2 is 2.06 bits per heavy atom. The highest BCUT2D eigenvalue weighted by atomic mass is 16.3. The molecule has 0 aromatic carbocycles. The average molecular weight is 252 g/mol. The molecule has 1 rings (SSSR count). The molecule has 0 spiro atoms. The number of aromatic nitrogens is 2. The van der Waals surface area contributed by atoms with Gasteiger partial charge >= 0.3 is 0 Å². The van der Waals surface area contributed by atoms with E-state index in [1.165, 1.54) is 0 Å². The van der Waals surface area contributed by atoms with Crippen LogP contribution in [0, 0.1) is 12.3 Å². The third-order valence-electron chi connectivity index (χ3n) is 3.11. The maximum atomic E-state index is 12.0. The molecule has 1 atom stereocenters. The number of hydrogen-bond donors (Lipinski definition) is 1. The molecule has 0 bridgehead atoms. The van der Waals surface area contributed by atoms with Crippen LogP contribution in [0.3, 0.4) is 0 Å². The van der Waals surface area contributed by atoms with Gasteiger partial charge in [-0.25, -0.2) is 4.98 Å². The second-order valence-electron chi connectivity index (χ2n) is 5.88. The number of nitrogens with zero attached hydrogens (tertiary/aromatic N) is 2. The van der Waals surface area contributed by atoms with Gasteiger partial charge in [-0.05, 0) is 18.8 Å². The van der Waals surface area contributed by atoms with Crippen molar-refractivity contribution in [2.45, 2.75) is 60.1 Å². The summed E-state index contributed by atoms with van der Waals surface area (Å²) in [5, 5.41) is 10.1. The Hall–Kier alpha value is -1.16. The van der Waals surface area contributed by atoms with Gasteiger partial charge in [0.2, 0.25) is 0 Å². The predicted octanol–water partition coefficient (Wildman–Crippen LogP) is 1.91. The minimum absolute atomic E-state index is 0.0748. The standard InChI is InChI=1S/C14H24N2O2/c1-6-7-11-8-13(18)16(10(2)15-11)9-12(17)14(3,4)5/h8,12,17H,6-7,9H2,1-5H3. The zero-order valence-corrected chi connectivity index (χ0v) is 12.0. The molecule has 0 aliphatic rings. The van der Waals surface area contributed by atoms with Crippen molar-refractivity contribution in [2.24, 2.45) is 5.41 Å². The van der Waals surface area contributed by atoms with E-state index in [9.17, 15) is 9.90 Å². The molecule has 102 valence electrons. The second kappa shape index (κ2) is 5.65. The van der Waals surface area contributed by atoms with Gasteiger partial charge in [-0.2, -0.15) is 0 Å². The smallest absolute Gasteiger partial charge is 0.253 e. The number of aryl methyl sites for hydroxylation is 2. The van der Waals surface area contributed by atoms with Gasteiger partial charge in [-0.15, -0.1) is 0 Å². The minimum atomic E-state index is -0.562. The summed E-state index contributed by atoms with van der Waals surface area (Å²) in [5.41, 5.74) is 0.518. The van der Waals surface area contributed by atoms with E-state index in [2.05, 4.69) is 11.9 Å². The summed E-state index contributed by atoms with van der Waals surface area (Å²) in [6.07, 6.45) is 1.23. The molecule has 0 saturated carbocycles. The van der Waals surface area contributed by atoms with E-state index in [1.54, 1.807) is 10.6 Å². The maximum Gasteiger partial charge on any atom is 0.253 e. The van der Waals surface area contributed by atoms with Gasteiger partial charge in [0.1, 0.15) is 5.82 Å². The first-order valence-electron chi connectivity index (χ1n) is 6.51. The minimum Gasteiger partial charge on any atom is -0.391 e. The Morgan fingerprint density at radius 3 is 2.50 bits per heavy atom. The van der Waals surface area contributed by atoms with Crippen LogP contribution in [0.5, 0.6) is 0 Å². The van der Waals surface area contributed by atoms with Crippen molar-refractivity contribution in [2.75, 3.05) is 0 Å². The summed E-state index contributed by atoms with van der Waals surface area (Å²) < 4.78 is 1.55. The average Bonchev–Trinajstić information content (AvgIpc) is 2.22. The first kappa shape index (κ1) is 14.9. The fraction of sp³-hybridized carbons (Fsp3) is 0.714. The summed E-state index contributed by atoms with van der Waals surface area (Å²) in [6.45, 7) is 10.0. The van der Waals surface area contributed by atoms with Gasteiger partial charge in [0.05, 0.1) is 12.6 Å². The molecule has 1 heterocycles. The Balaban J connectivity index is 3.01. The fourth-order valence-electron chi connectivity index (χ4n) is 1.73. The topological polar surface area (TPSA) is 55.1 Å². The van der Waals surface area contributed by atoms with E-state index in [4.69, 9.17) is 0 Å². The third-order valence-corrected chi connectivity index (χ3v) is 3.11. The third kappa shape index (κ3) is 3.67. The van der Waals surface area contributed by atoms with E-state index in [1.807, 2.05) is 27.7 Å². The quantitative estimate of drug-likeness (QED) is 0.890. The van der Waals surface area contributed by atoms with Crippen LogP contribution in [-0.2, 0) is 13.0 Å². The normalized spacial score (nSPS) is 13.7. The van der Waals surface area contributed by atoms with Crippen LogP contribution in [0.25, 0.3) is 0 Å². The van der Waals surface area contributed by atoms with E-state index >= 15 is 0 Å². The van der Waals surface area contributed by atoms with Crippen LogP contribution in [0.15, 0.2) is 10.9 Å². The van der Waals surface area contributed by atoms with Crippen molar-refractivity contribution in [3.8, 4) is 0 Å². The Bertz CT molecular complexity index is 458. The van der Waals surface area contributed by atoms with Gasteiger partial charge in [0.25, 0.3) is 5.56 Å². The van der Waals surface area contributed by atoms with Crippen LogP contribution < -0.4 is 5.56 Å². The van der Waals surface area contributed by atoms with Crippen LogP contribution in [-0.4, -0.2) is 20.8 Å². The number of hydrogen-bond acceptors (Lipinski definition) is 3. The van der Waals surface area contributed by atoms with Crippen molar-refractivity contribution in [1.29, 1.82) is 0 Å². The summed E-state index contributed by atoms with van der Waals surface area (Å²) in [6, 6.07) is 1.58. The molecule has 1 aromatic rings. The molecule has 4 heteroatoms. The van der Waals surface area contributed by atoms with Crippen LogP contribution in [0.4, 0.5) is 0 Å². The first-order valence-corrected chi connectivity index (χ1v) is 6.51. The van der Waals surface area contributed by atoms with Crippen molar-refractivity contribution in [3.63, 3.8) is 0 Å². The monoisotopic (exact) mass is 252 g/mol. The largest absolute Gasteiger partial charge is 0.391 e. The molecule has 0 aliphatic carbocycles. The summed E-state index contributed by atoms with van der Waals surface area (Å²) in [7, 11) is 0. The number of aliphatic hydroxyl groups excluding tert-OH is 1. The predicted molar refractivity (Wildman–Crippen MR) is 72.7 cm³/mol. The van der Waals surface area contributed by atoms with E-state index in [0.29, 0.717) is 12.4 Å². The molecular formula is C14H24N2O2. The maximum absolute atomic E-state index is 12.0. The van der Waals surface area contributed by atoms with Crippen molar-refractivity contribution >= 4 is 0 Å². The van der Waals surface area contributed by atoms with Gasteiger partial charge in [0.15, 0.2) is 0 Å². The summed E-state index contributed by atoms with van der Waals surface area (Å²) in [4.78, 5) is 16.4. The van der Waals surface area contributed by atoms with Crippen LogP contribution >= 0.6 is 0 Å². The highest BCUT2D eigenvalue weighted by Crippen LogP contribution is 2.20. The summed E-state index contributed by atoms with van der Waals surface area (Å²) >= 11 is 0. The molecular weight excluding hydrogens is 228 g/mol. The molecule has 0 fully saturated rings. The Kier molecular flexibility index (Phi) is 4.68. The zero-order valence-electron chi connectivity index (χ0n) is 12.0. The molecule has 1 aromatic heterocycles. The highest BCUT2D eigenvalue weighted by Gasteiger charge is 2.23. The van der Waals surface area contributed by atoms with Crippen molar-refractivity contribution in [1.82, 2.24) is 9.55 Å². The van der Waals surface area contributed by atoms with E-state index < -0.39 is 6.10 Å². The number of rotatable bonds is 4. The molecule has 0 aliphatic heterocycles. The Morgan fingerprint density at radius 1 is 1.44 bits per heavy atom. The Labute approximate surface area is 109 Å². The van der Waals surface area contributed by atoms with Gasteiger partial charge in [-0.1, -0.05) is 34.1 Å². The molecule has 0 amide bonds. The molecule has 18 heavy (non-hydrogen) atoms. The van der Waals surface area contributed by atoms with Gasteiger partial charge in [-0.3, -0.25) is 9.36 Å². The zero-order chi connectivity index (χ0) is 13.9. The molecule has 1 N–H and O–H groups in total. The van der Waals surface area contributed by atoms with Crippen molar-refractivity contribution in [3.05, 3.63) is 27.9 Å². The second-order valence-corrected chi connectivity index (χ2v) is 5.88. The molecule has 0 radical (unpaired) electrons. The fourth-order valence-corrected chi connectivity index (χ4v) is 1.73. The van der Waals surface area contributed by atoms with E-state index in [-0.39, 0.29) is 11.0 Å². The molecule has 4 nitrogen and oxygen atoms in total. The van der Waals surface area contributed by atoms with Crippen molar-refractivity contribution < 1.29 is 5.11 Å². The first-order chi connectivity index (χ1) is 8.25. The van der Waals surface area contributed by atoms with Gasteiger partial charge < -0.3 is 5.11 Å². The van der Waals surface area contributed by atoms with Gasteiger partial charge in [0, 0.05) is 11.8 Å². The van der Waals surface area contributed by atoms with Crippen LogP contribution in [0.1, 0.15) is 45.6 Å². The van der Waals surface area contributed by atoms with E-state index in [0.717, 1.165) is 18.5 Å². The SMILES string of the molecule is CCCc1cc(=O)n(CC(O)C(C)(C)C)c(C)n1. The lowest BCUT2D eigenvalue weighted by Crippen LogP contribution is -2.36. The highest BCUT2D eigenvalue weighted by molar-refractivity contribution is 5.04. The van der Waals surface area contributed by atoms with Crippen LogP contribution in [0.2, 0.25) is 0 Å². The molecule has 1 unspecified atom stereocenters. The summed E-state index contributed by atoms with van der Waals surface area (Å²) in [5.74, 6) is 0.675. The lowest BCUT2D eigenvalue weighted by molar-refractivity contribution is 0.0464. The molecule has 0 saturated heterocycles.